The average molecular weight is 924 g/mol. The predicted octanol–water partition coefficient (Wildman–Crippen LogP) is 8.09. The average Bonchev–Trinajstić information content (AvgIpc) is 3.38. The number of aliphatic hydroxyl groups excluding tert-OH is 1. The molecule has 8 rings (SSSR count). The Bertz CT molecular complexity index is 2330. The van der Waals surface area contributed by atoms with Gasteiger partial charge in [-0.25, -0.2) is 0 Å². The minimum atomic E-state index is -1.43. The van der Waals surface area contributed by atoms with Crippen LogP contribution in [0.3, 0.4) is 0 Å². The zero-order valence-electron chi connectivity index (χ0n) is 38.3. The Balaban J connectivity index is 1.09. The largest absolute Gasteiger partial charge is 0.374 e. The maximum atomic E-state index is 13.2. The molecule has 12 nitrogen and oxygen atoms in total. The molecule has 0 spiro atoms. The molecule has 356 valence electrons. The zero-order chi connectivity index (χ0) is 46.8. The number of carbonyl (C=O) groups excluding carboxylic acids is 1. The summed E-state index contributed by atoms with van der Waals surface area (Å²) in [6.07, 6.45) is -8.26. The summed E-state index contributed by atoms with van der Waals surface area (Å²) in [4.78, 5) is 13.2. The van der Waals surface area contributed by atoms with Gasteiger partial charge in [0.15, 0.2) is 12.6 Å². The molecule has 2 aliphatic heterocycles. The third-order valence-corrected chi connectivity index (χ3v) is 11.9. The SMILES string of the molecule is CC(=O)N[C@H]1[C@H](OC[C@H]2O[C@@H](O)[C@H](OCc3ccccc3)[C@@H](OCc3ccccc3)[C@@H]2OCc2ccccc2)O[C@H](COCc2ccccc2)[C@@H](OCc2ccccc2)[C@@H]1OCc1ccccc1. The van der Waals surface area contributed by atoms with Gasteiger partial charge < -0.3 is 53.1 Å². The number of nitrogens with one attached hydrogen (secondary N) is 1. The Labute approximate surface area is 399 Å². The van der Waals surface area contributed by atoms with E-state index in [0.29, 0.717) is 6.61 Å². The monoisotopic (exact) mass is 923 g/mol. The highest BCUT2D eigenvalue weighted by Crippen LogP contribution is 2.33. The van der Waals surface area contributed by atoms with E-state index in [9.17, 15) is 9.90 Å². The lowest BCUT2D eigenvalue weighted by Gasteiger charge is -2.47. The molecule has 6 aromatic rings. The van der Waals surface area contributed by atoms with Crippen molar-refractivity contribution in [2.24, 2.45) is 0 Å². The first-order chi connectivity index (χ1) is 33.5. The van der Waals surface area contributed by atoms with Crippen LogP contribution in [-0.4, -0.2) is 85.6 Å². The molecule has 6 aromatic carbocycles. The number of aliphatic hydroxyl groups is 1. The molecule has 1 amide bonds. The summed E-state index contributed by atoms with van der Waals surface area (Å²) in [5.41, 5.74) is 5.67. The summed E-state index contributed by atoms with van der Waals surface area (Å²) in [5, 5.41) is 14.9. The van der Waals surface area contributed by atoms with Gasteiger partial charge in [-0.15, -0.1) is 0 Å². The molecule has 68 heavy (non-hydrogen) atoms. The Morgan fingerprint density at radius 1 is 0.426 bits per heavy atom. The molecule has 2 aliphatic rings. The van der Waals surface area contributed by atoms with Crippen LogP contribution in [0.4, 0.5) is 0 Å². The lowest BCUT2D eigenvalue weighted by Crippen LogP contribution is -2.66. The van der Waals surface area contributed by atoms with Crippen molar-refractivity contribution in [2.45, 2.75) is 108 Å². The molecule has 2 fully saturated rings. The fraction of sp³-hybridized carbons (Fsp3) is 0.339. The van der Waals surface area contributed by atoms with Crippen molar-refractivity contribution in [3.63, 3.8) is 0 Å². The van der Waals surface area contributed by atoms with Gasteiger partial charge in [0.05, 0.1) is 52.9 Å². The number of hydrogen-bond acceptors (Lipinski definition) is 11. The number of rotatable bonds is 23. The highest BCUT2D eigenvalue weighted by atomic mass is 16.7. The van der Waals surface area contributed by atoms with Gasteiger partial charge in [-0.2, -0.15) is 0 Å². The highest BCUT2D eigenvalue weighted by molar-refractivity contribution is 5.73. The second-order valence-electron chi connectivity index (χ2n) is 17.0. The van der Waals surface area contributed by atoms with Crippen LogP contribution in [0.5, 0.6) is 0 Å². The van der Waals surface area contributed by atoms with Crippen molar-refractivity contribution < 1.29 is 52.5 Å². The minimum Gasteiger partial charge on any atom is -0.374 e. The van der Waals surface area contributed by atoms with Gasteiger partial charge in [-0.05, 0) is 33.4 Å². The van der Waals surface area contributed by atoms with Crippen molar-refractivity contribution in [3.05, 3.63) is 215 Å². The van der Waals surface area contributed by atoms with Crippen molar-refractivity contribution >= 4 is 5.91 Å². The molecule has 10 atom stereocenters. The Hall–Kier alpha value is -5.61. The van der Waals surface area contributed by atoms with E-state index in [2.05, 4.69) is 5.32 Å². The van der Waals surface area contributed by atoms with Crippen molar-refractivity contribution in [1.82, 2.24) is 5.32 Å². The Morgan fingerprint density at radius 2 is 0.765 bits per heavy atom. The number of hydrogen-bond donors (Lipinski definition) is 2. The number of amides is 1. The van der Waals surface area contributed by atoms with Gasteiger partial charge >= 0.3 is 0 Å². The maximum absolute atomic E-state index is 13.2. The number of ether oxygens (including phenoxy) is 9. The van der Waals surface area contributed by atoms with E-state index in [1.807, 2.05) is 182 Å². The first-order valence-electron chi connectivity index (χ1n) is 23.2. The van der Waals surface area contributed by atoms with E-state index in [1.54, 1.807) is 0 Å². The second kappa shape index (κ2) is 25.7. The van der Waals surface area contributed by atoms with Gasteiger partial charge in [-0.3, -0.25) is 4.79 Å². The third kappa shape index (κ3) is 14.2. The quantitative estimate of drug-likeness (QED) is 0.0647. The van der Waals surface area contributed by atoms with E-state index >= 15 is 0 Å². The van der Waals surface area contributed by atoms with Gasteiger partial charge in [-0.1, -0.05) is 182 Å². The van der Waals surface area contributed by atoms with Crippen LogP contribution in [0, 0.1) is 0 Å². The molecule has 2 N–H and O–H groups in total. The molecule has 0 unspecified atom stereocenters. The Morgan fingerprint density at radius 3 is 1.18 bits per heavy atom. The molecule has 12 heteroatoms. The summed E-state index contributed by atoms with van der Waals surface area (Å²) in [7, 11) is 0. The fourth-order valence-corrected chi connectivity index (χ4v) is 8.46. The van der Waals surface area contributed by atoms with E-state index in [4.69, 9.17) is 42.6 Å². The summed E-state index contributed by atoms with van der Waals surface area (Å²) in [6.45, 7) is 2.83. The van der Waals surface area contributed by atoms with E-state index in [-0.39, 0.29) is 52.2 Å². The molecule has 0 bridgehead atoms. The van der Waals surface area contributed by atoms with Crippen molar-refractivity contribution in [3.8, 4) is 0 Å². The van der Waals surface area contributed by atoms with Crippen LogP contribution in [0.1, 0.15) is 40.3 Å². The summed E-state index contributed by atoms with van der Waals surface area (Å²) in [5.74, 6) is -0.317. The third-order valence-electron chi connectivity index (χ3n) is 11.9. The topological polar surface area (TPSA) is 132 Å². The molecule has 2 heterocycles. The van der Waals surface area contributed by atoms with Gasteiger partial charge in [0.25, 0.3) is 0 Å². The normalized spacial score (nSPS) is 24.9. The summed E-state index contributed by atoms with van der Waals surface area (Å²) in [6, 6.07) is 58.0. The number of carbonyl (C=O) groups is 1. The van der Waals surface area contributed by atoms with Crippen LogP contribution in [0.15, 0.2) is 182 Å². The van der Waals surface area contributed by atoms with Crippen LogP contribution in [-0.2, 0) is 87.1 Å². The van der Waals surface area contributed by atoms with E-state index in [1.165, 1.54) is 6.92 Å². The van der Waals surface area contributed by atoms with Crippen molar-refractivity contribution in [2.75, 3.05) is 13.2 Å². The molecule has 0 aliphatic carbocycles. The van der Waals surface area contributed by atoms with Gasteiger partial charge in [0, 0.05) is 6.92 Å². The highest BCUT2D eigenvalue weighted by Gasteiger charge is 2.51. The van der Waals surface area contributed by atoms with Crippen LogP contribution >= 0.6 is 0 Å². The zero-order valence-corrected chi connectivity index (χ0v) is 38.3. The van der Waals surface area contributed by atoms with Crippen LogP contribution in [0.25, 0.3) is 0 Å². The first-order valence-corrected chi connectivity index (χ1v) is 23.2. The molecule has 0 radical (unpaired) electrons. The first kappa shape index (κ1) is 48.8. The summed E-state index contributed by atoms with van der Waals surface area (Å²) >= 11 is 0. The van der Waals surface area contributed by atoms with Gasteiger partial charge in [0.2, 0.25) is 5.91 Å². The predicted molar refractivity (Wildman–Crippen MR) is 254 cm³/mol. The van der Waals surface area contributed by atoms with Crippen molar-refractivity contribution in [1.29, 1.82) is 0 Å². The van der Waals surface area contributed by atoms with Gasteiger partial charge in [0.1, 0.15) is 48.8 Å². The van der Waals surface area contributed by atoms with E-state index in [0.717, 1.165) is 33.4 Å². The van der Waals surface area contributed by atoms with Crippen LogP contribution in [0.2, 0.25) is 0 Å². The molecular weight excluding hydrogens is 863 g/mol. The van der Waals surface area contributed by atoms with E-state index < -0.39 is 61.3 Å². The smallest absolute Gasteiger partial charge is 0.217 e. The van der Waals surface area contributed by atoms with Crippen LogP contribution < -0.4 is 5.32 Å². The fourth-order valence-electron chi connectivity index (χ4n) is 8.46. The maximum Gasteiger partial charge on any atom is 0.217 e. The standard InChI is InChI=1S/C56H61NO11/c1-40(58)57-49-52(63-35-44-26-14-5-15-27-44)50(61-33-42-22-10-3-11-23-42)47(38-60-32-41-20-8-2-9-21-41)68-56(49)66-39-48-51(62-34-43-24-12-4-13-25-43)53(64-36-45-28-16-6-17-29-45)54(55(59)67-48)65-37-46-30-18-7-19-31-46/h2-31,47-56,59H,32-39H2,1H3,(H,57,58)/t47-,48-,49-,50-,51-,52-,53+,54-,55-,56-/m1/s1. The summed E-state index contributed by atoms with van der Waals surface area (Å²) < 4.78 is 59.9. The Kier molecular flexibility index (Phi) is 18.4. The molecular formula is C56H61NO11. The number of benzene rings is 6. The lowest BCUT2D eigenvalue weighted by atomic mass is 9.95. The lowest BCUT2D eigenvalue weighted by molar-refractivity contribution is -0.333. The molecule has 0 saturated carbocycles. The molecule has 0 aromatic heterocycles. The second-order valence-corrected chi connectivity index (χ2v) is 17.0. The minimum absolute atomic E-state index is 0.115. The molecule has 2 saturated heterocycles.